The first-order valence-electron chi connectivity index (χ1n) is 17.5. The van der Waals surface area contributed by atoms with Crippen molar-refractivity contribution in [2.75, 3.05) is 19.8 Å². The number of fused-ring (bicyclic) bond motifs is 5. The number of rotatable bonds is 6. The van der Waals surface area contributed by atoms with Crippen molar-refractivity contribution in [3.8, 4) is 0 Å². The molecule has 13 nitrogen and oxygen atoms in total. The van der Waals surface area contributed by atoms with E-state index in [4.69, 9.17) is 23.7 Å². The number of cyclic esters (lactones) is 1. The lowest BCUT2D eigenvalue weighted by molar-refractivity contribution is -0.356. The fraction of sp³-hybridized carbons (Fsp3) is 0.912. The summed E-state index contributed by atoms with van der Waals surface area (Å²) in [4.78, 5) is 11.9. The van der Waals surface area contributed by atoms with Crippen LogP contribution in [0.4, 0.5) is 0 Å². The van der Waals surface area contributed by atoms with E-state index < -0.39 is 67.5 Å². The quantitative estimate of drug-likeness (QED) is 0.146. The van der Waals surface area contributed by atoms with Crippen LogP contribution in [-0.2, 0) is 28.5 Å². The van der Waals surface area contributed by atoms with E-state index in [-0.39, 0.29) is 41.3 Å². The predicted molar refractivity (Wildman–Crippen MR) is 161 cm³/mol. The van der Waals surface area contributed by atoms with Gasteiger partial charge in [-0.05, 0) is 92.4 Å². The van der Waals surface area contributed by atoms with Crippen molar-refractivity contribution in [1.29, 1.82) is 0 Å². The molecule has 0 bridgehead atoms. The Labute approximate surface area is 274 Å². The average molecular weight is 669 g/mol. The maximum absolute atomic E-state index is 12.5. The molecule has 13 heteroatoms. The Bertz CT molecular complexity index is 1210. The van der Waals surface area contributed by atoms with Crippen LogP contribution in [0.2, 0.25) is 0 Å². The third kappa shape index (κ3) is 5.43. The van der Waals surface area contributed by atoms with Gasteiger partial charge in [0, 0.05) is 11.5 Å². The Hall–Kier alpha value is -1.23. The zero-order valence-corrected chi connectivity index (χ0v) is 27.2. The van der Waals surface area contributed by atoms with Crippen molar-refractivity contribution in [3.63, 3.8) is 0 Å². The van der Waals surface area contributed by atoms with E-state index in [1.54, 1.807) is 6.08 Å². The maximum atomic E-state index is 12.5. The number of esters is 1. The van der Waals surface area contributed by atoms with E-state index in [2.05, 4.69) is 13.8 Å². The van der Waals surface area contributed by atoms with Gasteiger partial charge in [-0.3, -0.25) is 0 Å². The normalized spacial score (nSPS) is 54.7. The van der Waals surface area contributed by atoms with Gasteiger partial charge in [0.15, 0.2) is 12.6 Å². The van der Waals surface area contributed by atoms with Gasteiger partial charge in [-0.2, -0.15) is 0 Å². The summed E-state index contributed by atoms with van der Waals surface area (Å²) < 4.78 is 28.5. The molecule has 0 aromatic carbocycles. The highest BCUT2D eigenvalue weighted by molar-refractivity contribution is 5.85. The van der Waals surface area contributed by atoms with Crippen LogP contribution in [0.1, 0.15) is 71.6 Å². The maximum Gasteiger partial charge on any atom is 0.331 e. The Morgan fingerprint density at radius 2 is 1.66 bits per heavy atom. The number of hydrogen-bond acceptors (Lipinski definition) is 13. The van der Waals surface area contributed by atoms with Crippen molar-refractivity contribution in [2.24, 2.45) is 34.5 Å². The van der Waals surface area contributed by atoms with E-state index in [9.17, 15) is 40.5 Å². The Kier molecular flexibility index (Phi) is 9.12. The topological polar surface area (TPSA) is 205 Å². The largest absolute Gasteiger partial charge is 0.458 e. The van der Waals surface area contributed by atoms with Gasteiger partial charge in [-0.25, -0.2) is 4.79 Å². The second kappa shape index (κ2) is 12.5. The van der Waals surface area contributed by atoms with Gasteiger partial charge in [-0.1, -0.05) is 13.8 Å². The molecule has 2 saturated heterocycles. The SMILES string of the molecule is C[C@]12CC[C@H](O[C@@H]3O[C@H](CO)[C@@H](O)[C@H](O[C@@H]4OC[C@@H](O)[C@H](O)[C@H]4O)[C@H]3O)C[C@H]1CC[C@@H]1[C@@H]2CC[C@]2(C)[C@@H](C3=CC(=O)OC3)CC[C@]12O. The standard InChI is InChI=1S/C34H52O13/c1-32-8-5-18(45-31-28(41)29(26(39)23(13-35)46-31)47-30-27(40)25(38)22(36)15-44-30)12-17(32)3-4-21-20(32)6-9-33(2)19(7-10-34(21,33)42)16-11-24(37)43-14-16/h11,17-23,25-31,35-36,38-42H,3-10,12-15H2,1-2H3/t17-,18+,19-,20+,21-,22-,23-,25+,26-,27-,28-,29+,30+,31-,32+,33-,34+/m1/s1. The summed E-state index contributed by atoms with van der Waals surface area (Å²) in [5.41, 5.74) is -0.0631. The lowest BCUT2D eigenvalue weighted by Crippen LogP contribution is -2.64. The molecular formula is C34H52O13. The first-order chi connectivity index (χ1) is 22.3. The third-order valence-corrected chi connectivity index (χ3v) is 13.8. The number of carbonyl (C=O) groups is 1. The summed E-state index contributed by atoms with van der Waals surface area (Å²) in [7, 11) is 0. The molecule has 0 unspecified atom stereocenters. The highest BCUT2D eigenvalue weighted by Crippen LogP contribution is 2.70. The van der Waals surface area contributed by atoms with E-state index in [0.29, 0.717) is 24.9 Å². The molecule has 3 heterocycles. The summed E-state index contributed by atoms with van der Waals surface area (Å²) in [5, 5.41) is 74.7. The van der Waals surface area contributed by atoms with E-state index >= 15 is 0 Å². The third-order valence-electron chi connectivity index (χ3n) is 13.8. The lowest BCUT2D eigenvalue weighted by atomic mass is 9.43. The molecule has 4 saturated carbocycles. The zero-order chi connectivity index (χ0) is 33.5. The van der Waals surface area contributed by atoms with Crippen LogP contribution in [0.15, 0.2) is 11.6 Å². The number of hydrogen-bond donors (Lipinski definition) is 7. The first-order valence-corrected chi connectivity index (χ1v) is 17.5. The van der Waals surface area contributed by atoms with Crippen LogP contribution in [-0.4, -0.2) is 129 Å². The molecule has 3 aliphatic heterocycles. The molecule has 17 atom stereocenters. The molecule has 0 radical (unpaired) electrons. The van der Waals surface area contributed by atoms with Crippen molar-refractivity contribution >= 4 is 5.97 Å². The smallest absolute Gasteiger partial charge is 0.331 e. The van der Waals surface area contributed by atoms with Crippen molar-refractivity contribution < 1.29 is 64.2 Å². The van der Waals surface area contributed by atoms with Gasteiger partial charge in [0.1, 0.15) is 49.3 Å². The number of aliphatic hydroxyl groups is 7. The Morgan fingerprint density at radius 1 is 0.872 bits per heavy atom. The fourth-order valence-electron chi connectivity index (χ4n) is 11.1. The van der Waals surface area contributed by atoms with Crippen molar-refractivity contribution in [2.45, 2.75) is 139 Å². The van der Waals surface area contributed by atoms with Crippen LogP contribution >= 0.6 is 0 Å². The molecule has 0 aromatic rings. The van der Waals surface area contributed by atoms with Gasteiger partial charge in [-0.15, -0.1) is 0 Å². The van der Waals surface area contributed by atoms with Crippen LogP contribution in [0.5, 0.6) is 0 Å². The van der Waals surface area contributed by atoms with E-state index in [1.165, 1.54) is 0 Å². The Balaban J connectivity index is 1.02. The monoisotopic (exact) mass is 668 g/mol. The number of ether oxygens (including phenoxy) is 5. The molecule has 6 fully saturated rings. The molecule has 7 N–H and O–H groups in total. The van der Waals surface area contributed by atoms with Crippen LogP contribution in [0, 0.1) is 34.5 Å². The lowest BCUT2D eigenvalue weighted by Gasteiger charge is -2.64. The second-order valence-corrected chi connectivity index (χ2v) is 15.9. The molecule has 47 heavy (non-hydrogen) atoms. The van der Waals surface area contributed by atoms with E-state index in [0.717, 1.165) is 56.9 Å². The number of carbonyl (C=O) groups excluding carboxylic acids is 1. The van der Waals surface area contributed by atoms with Crippen molar-refractivity contribution in [3.05, 3.63) is 11.6 Å². The molecule has 0 amide bonds. The molecule has 266 valence electrons. The minimum absolute atomic E-state index is 0.00496. The van der Waals surface area contributed by atoms with Crippen LogP contribution < -0.4 is 0 Å². The molecule has 7 rings (SSSR count). The zero-order valence-electron chi connectivity index (χ0n) is 27.2. The highest BCUT2D eigenvalue weighted by atomic mass is 16.7. The van der Waals surface area contributed by atoms with Gasteiger partial charge in [0.25, 0.3) is 0 Å². The number of aliphatic hydroxyl groups excluding tert-OH is 6. The van der Waals surface area contributed by atoms with Gasteiger partial charge in [0.2, 0.25) is 0 Å². The molecule has 7 aliphatic rings. The molecule has 0 aromatic heterocycles. The second-order valence-electron chi connectivity index (χ2n) is 15.9. The first kappa shape index (κ1) is 34.2. The summed E-state index contributed by atoms with van der Waals surface area (Å²) in [6.45, 7) is 4.04. The van der Waals surface area contributed by atoms with Crippen molar-refractivity contribution in [1.82, 2.24) is 0 Å². The predicted octanol–water partition coefficient (Wildman–Crippen LogP) is -0.108. The summed E-state index contributed by atoms with van der Waals surface area (Å²) in [6.07, 6.45) is -3.53. The molecule has 4 aliphatic carbocycles. The average Bonchev–Trinajstić information content (AvgIpc) is 3.59. The van der Waals surface area contributed by atoms with Gasteiger partial charge >= 0.3 is 5.97 Å². The minimum Gasteiger partial charge on any atom is -0.458 e. The van der Waals surface area contributed by atoms with Crippen LogP contribution in [0.25, 0.3) is 0 Å². The fourth-order valence-corrected chi connectivity index (χ4v) is 11.1. The summed E-state index contributed by atoms with van der Waals surface area (Å²) in [6, 6.07) is 0. The van der Waals surface area contributed by atoms with Crippen LogP contribution in [0.3, 0.4) is 0 Å². The van der Waals surface area contributed by atoms with Gasteiger partial charge < -0.3 is 59.4 Å². The summed E-state index contributed by atoms with van der Waals surface area (Å²) >= 11 is 0. The Morgan fingerprint density at radius 3 is 2.38 bits per heavy atom. The highest BCUT2D eigenvalue weighted by Gasteiger charge is 2.68. The minimum atomic E-state index is -1.62. The van der Waals surface area contributed by atoms with Gasteiger partial charge in [0.05, 0.1) is 24.9 Å². The van der Waals surface area contributed by atoms with E-state index in [1.807, 2.05) is 0 Å². The summed E-state index contributed by atoms with van der Waals surface area (Å²) in [5.74, 6) is 0.730. The molecule has 0 spiro atoms. The molecular weight excluding hydrogens is 616 g/mol.